The maximum atomic E-state index is 11.2. The van der Waals surface area contributed by atoms with E-state index in [2.05, 4.69) is 0 Å². The fraction of sp³-hybridized carbons (Fsp3) is 0.308. The summed E-state index contributed by atoms with van der Waals surface area (Å²) in [7, 11) is 1.58. The van der Waals surface area contributed by atoms with Crippen molar-refractivity contribution in [3.63, 3.8) is 0 Å². The van der Waals surface area contributed by atoms with Crippen molar-refractivity contribution in [2.75, 3.05) is 20.3 Å². The number of rotatable bonds is 6. The van der Waals surface area contributed by atoms with E-state index < -0.39 is 18.7 Å². The number of benzene rings is 1. The molecule has 18 heavy (non-hydrogen) atoms. The van der Waals surface area contributed by atoms with Gasteiger partial charge in [0.05, 0.1) is 13.7 Å². The first-order chi connectivity index (χ1) is 8.65. The van der Waals surface area contributed by atoms with Crippen LogP contribution in [-0.4, -0.2) is 42.6 Å². The van der Waals surface area contributed by atoms with E-state index in [4.69, 9.17) is 19.7 Å². The van der Waals surface area contributed by atoms with Gasteiger partial charge in [-0.3, -0.25) is 0 Å². The van der Waals surface area contributed by atoms with Crippen LogP contribution in [0, 0.1) is 0 Å². The van der Waals surface area contributed by atoms with Crippen LogP contribution in [-0.2, 0) is 9.53 Å². The second-order valence-electron chi connectivity index (χ2n) is 3.57. The van der Waals surface area contributed by atoms with Crippen LogP contribution >= 0.6 is 0 Å². The molecule has 1 atom stereocenters. The van der Waals surface area contributed by atoms with Gasteiger partial charge in [-0.25, -0.2) is 4.79 Å². The van der Waals surface area contributed by atoms with E-state index in [0.717, 1.165) is 11.3 Å². The summed E-state index contributed by atoms with van der Waals surface area (Å²) in [6.07, 6.45) is 1.81. The highest BCUT2D eigenvalue weighted by atomic mass is 16.5. The van der Waals surface area contributed by atoms with Crippen molar-refractivity contribution in [1.29, 1.82) is 0 Å². The predicted octanol–water partition coefficient (Wildman–Crippen LogP) is 0.605. The zero-order chi connectivity index (χ0) is 13.4. The zero-order valence-electron chi connectivity index (χ0n) is 10.1. The highest BCUT2D eigenvalue weighted by molar-refractivity contribution is 5.87. The topological polar surface area (TPSA) is 76.0 Å². The third kappa shape index (κ3) is 4.99. The van der Waals surface area contributed by atoms with Gasteiger partial charge >= 0.3 is 5.97 Å². The molecule has 0 fully saturated rings. The number of carbonyl (C=O) groups excluding carboxylic acids is 1. The lowest BCUT2D eigenvalue weighted by Gasteiger charge is -2.06. The van der Waals surface area contributed by atoms with E-state index in [1.165, 1.54) is 6.08 Å². The summed E-state index contributed by atoms with van der Waals surface area (Å²) in [6, 6.07) is 7.15. The van der Waals surface area contributed by atoms with Gasteiger partial charge in [0.25, 0.3) is 0 Å². The van der Waals surface area contributed by atoms with Crippen molar-refractivity contribution < 1.29 is 24.5 Å². The second-order valence-corrected chi connectivity index (χ2v) is 3.57. The minimum Gasteiger partial charge on any atom is -0.497 e. The maximum Gasteiger partial charge on any atom is 0.330 e. The van der Waals surface area contributed by atoms with Gasteiger partial charge in [0.2, 0.25) is 0 Å². The Balaban J connectivity index is 2.45. The highest BCUT2D eigenvalue weighted by Gasteiger charge is 2.04. The van der Waals surface area contributed by atoms with Crippen LogP contribution in [0.25, 0.3) is 6.08 Å². The number of aliphatic hydroxyl groups is 2. The Bertz CT molecular complexity index is 396. The number of carbonyl (C=O) groups is 1. The van der Waals surface area contributed by atoms with Crippen LogP contribution in [0.5, 0.6) is 5.75 Å². The molecule has 0 aromatic heterocycles. The van der Waals surface area contributed by atoms with Crippen LogP contribution in [0.2, 0.25) is 0 Å². The monoisotopic (exact) mass is 252 g/mol. The molecule has 5 nitrogen and oxygen atoms in total. The van der Waals surface area contributed by atoms with Crippen LogP contribution in [0.1, 0.15) is 5.56 Å². The predicted molar refractivity (Wildman–Crippen MR) is 66.1 cm³/mol. The third-order valence-electron chi connectivity index (χ3n) is 2.16. The average Bonchev–Trinajstić information content (AvgIpc) is 2.42. The lowest BCUT2D eigenvalue weighted by Crippen LogP contribution is -2.21. The Hall–Kier alpha value is -1.85. The maximum absolute atomic E-state index is 11.2. The van der Waals surface area contributed by atoms with Gasteiger partial charge in [-0.1, -0.05) is 12.1 Å². The summed E-state index contributed by atoms with van der Waals surface area (Å²) in [5.41, 5.74) is 0.829. The molecule has 0 radical (unpaired) electrons. The van der Waals surface area contributed by atoms with Crippen molar-refractivity contribution in [3.05, 3.63) is 35.9 Å². The van der Waals surface area contributed by atoms with E-state index in [0.29, 0.717) is 0 Å². The molecule has 1 rings (SSSR count). The quantitative estimate of drug-likeness (QED) is 0.573. The molecule has 98 valence electrons. The van der Waals surface area contributed by atoms with Gasteiger partial charge in [0.15, 0.2) is 0 Å². The molecule has 2 N–H and O–H groups in total. The van der Waals surface area contributed by atoms with E-state index in [1.807, 2.05) is 0 Å². The molecular weight excluding hydrogens is 236 g/mol. The first kappa shape index (κ1) is 14.2. The molecule has 0 unspecified atom stereocenters. The summed E-state index contributed by atoms with van der Waals surface area (Å²) >= 11 is 0. The van der Waals surface area contributed by atoms with Crippen molar-refractivity contribution in [1.82, 2.24) is 0 Å². The van der Waals surface area contributed by atoms with Gasteiger partial charge in [0, 0.05) is 6.08 Å². The number of ether oxygens (including phenoxy) is 2. The summed E-state index contributed by atoms with van der Waals surface area (Å²) in [5.74, 6) is 0.166. The van der Waals surface area contributed by atoms with Gasteiger partial charge in [-0.15, -0.1) is 0 Å². The number of aliphatic hydroxyl groups excluding tert-OH is 2. The lowest BCUT2D eigenvalue weighted by atomic mass is 10.2. The number of esters is 1. The van der Waals surface area contributed by atoms with Crippen molar-refractivity contribution in [2.24, 2.45) is 0 Å². The lowest BCUT2D eigenvalue weighted by molar-refractivity contribution is -0.141. The largest absolute Gasteiger partial charge is 0.497 e. The SMILES string of the molecule is COc1ccc(/C=C/C(=O)OC[C@@H](O)CO)cc1. The minimum atomic E-state index is -1.04. The van der Waals surface area contributed by atoms with Crippen molar-refractivity contribution >= 4 is 12.0 Å². The first-order valence-corrected chi connectivity index (χ1v) is 5.43. The molecule has 0 spiro atoms. The van der Waals surface area contributed by atoms with Crippen LogP contribution < -0.4 is 4.74 Å². The summed E-state index contributed by atoms with van der Waals surface area (Å²) in [5, 5.41) is 17.5. The van der Waals surface area contributed by atoms with Crippen LogP contribution in [0.4, 0.5) is 0 Å². The van der Waals surface area contributed by atoms with Crippen molar-refractivity contribution in [3.8, 4) is 5.75 Å². The third-order valence-corrected chi connectivity index (χ3v) is 2.16. The Morgan fingerprint density at radius 2 is 2.06 bits per heavy atom. The number of methoxy groups -OCH3 is 1. The molecule has 0 bridgehead atoms. The summed E-state index contributed by atoms with van der Waals surface area (Å²) in [6.45, 7) is -0.655. The molecule has 0 aliphatic heterocycles. The van der Waals surface area contributed by atoms with E-state index in [9.17, 15) is 4.79 Å². The van der Waals surface area contributed by atoms with E-state index in [1.54, 1.807) is 37.5 Å². The average molecular weight is 252 g/mol. The molecule has 1 aromatic carbocycles. The van der Waals surface area contributed by atoms with Gasteiger partial charge in [0.1, 0.15) is 18.5 Å². The van der Waals surface area contributed by atoms with Crippen molar-refractivity contribution in [2.45, 2.75) is 6.10 Å². The molecular formula is C13H16O5. The van der Waals surface area contributed by atoms with Gasteiger partial charge < -0.3 is 19.7 Å². The highest BCUT2D eigenvalue weighted by Crippen LogP contribution is 2.12. The molecule has 0 heterocycles. The van der Waals surface area contributed by atoms with Crippen LogP contribution in [0.3, 0.4) is 0 Å². The normalized spacial score (nSPS) is 12.4. The zero-order valence-corrected chi connectivity index (χ0v) is 10.1. The molecule has 0 amide bonds. The Labute approximate surface area is 105 Å². The first-order valence-electron chi connectivity index (χ1n) is 5.43. The Kier molecular flexibility index (Phi) is 5.90. The van der Waals surface area contributed by atoms with Gasteiger partial charge in [-0.2, -0.15) is 0 Å². The Morgan fingerprint density at radius 1 is 1.39 bits per heavy atom. The smallest absolute Gasteiger partial charge is 0.330 e. The minimum absolute atomic E-state index is 0.220. The fourth-order valence-corrected chi connectivity index (χ4v) is 1.16. The molecule has 0 saturated heterocycles. The van der Waals surface area contributed by atoms with Crippen LogP contribution in [0.15, 0.2) is 30.3 Å². The van der Waals surface area contributed by atoms with E-state index in [-0.39, 0.29) is 6.61 Å². The van der Waals surface area contributed by atoms with E-state index >= 15 is 0 Å². The second kappa shape index (κ2) is 7.47. The molecule has 0 saturated carbocycles. The molecule has 1 aromatic rings. The number of hydrogen-bond donors (Lipinski definition) is 2. The number of hydrogen-bond acceptors (Lipinski definition) is 5. The molecule has 0 aliphatic carbocycles. The summed E-state index contributed by atoms with van der Waals surface area (Å²) in [4.78, 5) is 11.2. The summed E-state index contributed by atoms with van der Waals surface area (Å²) < 4.78 is 9.71. The Morgan fingerprint density at radius 3 is 2.61 bits per heavy atom. The molecule has 5 heteroatoms. The fourth-order valence-electron chi connectivity index (χ4n) is 1.16. The molecule has 0 aliphatic rings. The standard InChI is InChI=1S/C13H16O5/c1-17-12-5-2-10(3-6-12)4-7-13(16)18-9-11(15)8-14/h2-7,11,14-15H,8-9H2,1H3/b7-4+/t11-/m0/s1. The van der Waals surface area contributed by atoms with Gasteiger partial charge in [-0.05, 0) is 23.8 Å².